The monoisotopic (exact) mass is 379 g/mol. The molecule has 6 heteroatoms. The van der Waals surface area contributed by atoms with Crippen molar-refractivity contribution in [3.63, 3.8) is 0 Å². The summed E-state index contributed by atoms with van der Waals surface area (Å²) >= 11 is 0. The van der Waals surface area contributed by atoms with Crippen molar-refractivity contribution >= 4 is 16.9 Å². The lowest BCUT2D eigenvalue weighted by Crippen LogP contribution is -2.40. The van der Waals surface area contributed by atoms with Crippen LogP contribution in [-0.4, -0.2) is 36.4 Å². The Kier molecular flexibility index (Phi) is 5.19. The van der Waals surface area contributed by atoms with Crippen LogP contribution in [-0.2, 0) is 7.05 Å². The maximum Gasteiger partial charge on any atom is 0.293 e. The summed E-state index contributed by atoms with van der Waals surface area (Å²) in [6.45, 7) is 2.26. The summed E-state index contributed by atoms with van der Waals surface area (Å²) in [4.78, 5) is 19.5. The number of nitrogens with zero attached hydrogens (tertiary/aromatic N) is 3. The second kappa shape index (κ2) is 7.92. The molecule has 0 aliphatic carbocycles. The Hall–Kier alpha value is -3.02. The first kappa shape index (κ1) is 18.3. The number of hydrogen-bond acceptors (Lipinski definition) is 5. The Labute approximate surface area is 164 Å². The van der Waals surface area contributed by atoms with Gasteiger partial charge in [-0.25, -0.2) is 4.98 Å². The molecule has 2 heterocycles. The van der Waals surface area contributed by atoms with E-state index in [1.165, 1.54) is 0 Å². The van der Waals surface area contributed by atoms with Gasteiger partial charge in [0.2, 0.25) is 0 Å². The molecule has 0 N–H and O–H groups in total. The topological polar surface area (TPSA) is 56.6 Å². The van der Waals surface area contributed by atoms with Crippen LogP contribution in [0.2, 0.25) is 0 Å². The van der Waals surface area contributed by atoms with Gasteiger partial charge in [0.1, 0.15) is 0 Å². The molecule has 1 fully saturated rings. The highest BCUT2D eigenvalue weighted by Crippen LogP contribution is 2.28. The van der Waals surface area contributed by atoms with Gasteiger partial charge in [-0.15, -0.1) is 0 Å². The Morgan fingerprint density at radius 3 is 2.46 bits per heavy atom. The van der Waals surface area contributed by atoms with Gasteiger partial charge in [-0.3, -0.25) is 4.79 Å². The Morgan fingerprint density at radius 2 is 1.71 bits per heavy atom. The number of hydrogen-bond donors (Lipinski definition) is 0. The molecule has 2 aromatic carbocycles. The fourth-order valence-electron chi connectivity index (χ4n) is 3.73. The second-order valence-electron chi connectivity index (χ2n) is 7.18. The van der Waals surface area contributed by atoms with Gasteiger partial charge in [-0.05, 0) is 43.0 Å². The number of fused-ring (bicyclic) bond motifs is 1. The van der Waals surface area contributed by atoms with Crippen LogP contribution in [0.5, 0.6) is 11.5 Å². The molecule has 0 unspecified atom stereocenters. The van der Waals surface area contributed by atoms with Crippen molar-refractivity contribution in [2.75, 3.05) is 31.7 Å². The summed E-state index contributed by atoms with van der Waals surface area (Å²) in [6, 6.07) is 15.5. The van der Waals surface area contributed by atoms with Crippen molar-refractivity contribution in [3.05, 3.63) is 58.9 Å². The minimum Gasteiger partial charge on any atom is -0.493 e. The van der Waals surface area contributed by atoms with Crippen LogP contribution < -0.4 is 19.9 Å². The van der Waals surface area contributed by atoms with Gasteiger partial charge in [-0.2, -0.15) is 0 Å². The summed E-state index contributed by atoms with van der Waals surface area (Å²) in [5.41, 5.74) is 1.67. The number of piperidine rings is 1. The number of aryl methyl sites for hydroxylation is 1. The highest BCUT2D eigenvalue weighted by molar-refractivity contribution is 5.76. The summed E-state index contributed by atoms with van der Waals surface area (Å²) < 4.78 is 13.0. The van der Waals surface area contributed by atoms with Crippen LogP contribution in [0.25, 0.3) is 11.0 Å². The molecule has 0 amide bonds. The molecule has 3 aromatic rings. The molecule has 146 valence electrons. The molecule has 1 aliphatic rings. The highest BCUT2D eigenvalue weighted by atomic mass is 16.5. The van der Waals surface area contributed by atoms with E-state index >= 15 is 0 Å². The molecule has 0 saturated carbocycles. The number of aromatic nitrogens is 2. The first-order valence-corrected chi connectivity index (χ1v) is 9.64. The van der Waals surface area contributed by atoms with Crippen LogP contribution >= 0.6 is 0 Å². The number of methoxy groups -OCH3 is 1. The number of anilines is 1. The van der Waals surface area contributed by atoms with Crippen molar-refractivity contribution in [1.82, 2.24) is 9.55 Å². The minimum absolute atomic E-state index is 0.0394. The summed E-state index contributed by atoms with van der Waals surface area (Å²) in [5, 5.41) is 0. The number of benzene rings is 2. The van der Waals surface area contributed by atoms with E-state index in [-0.39, 0.29) is 5.56 Å². The number of rotatable bonds is 5. The van der Waals surface area contributed by atoms with Gasteiger partial charge in [0.15, 0.2) is 17.3 Å². The number of ether oxygens (including phenoxy) is 2. The lowest BCUT2D eigenvalue weighted by atomic mass is 9.98. The standard InChI is InChI=1S/C22H25N3O3/c1-24-18-8-4-3-7-17(18)23-21(22(24)26)25-13-11-16(12-14-25)15-28-20-10-6-5-9-19(20)27-2/h3-10,16H,11-15H2,1-2H3. The predicted molar refractivity (Wildman–Crippen MR) is 110 cm³/mol. The molecule has 0 radical (unpaired) electrons. The molecule has 0 bridgehead atoms. The quantitative estimate of drug-likeness (QED) is 0.681. The largest absolute Gasteiger partial charge is 0.493 e. The van der Waals surface area contributed by atoms with E-state index in [1.54, 1.807) is 11.7 Å². The third kappa shape index (κ3) is 3.54. The van der Waals surface area contributed by atoms with Crippen molar-refractivity contribution in [1.29, 1.82) is 0 Å². The van der Waals surface area contributed by atoms with Crippen molar-refractivity contribution < 1.29 is 9.47 Å². The average molecular weight is 379 g/mol. The second-order valence-corrected chi connectivity index (χ2v) is 7.18. The van der Waals surface area contributed by atoms with Crippen LogP contribution in [0.4, 0.5) is 5.82 Å². The average Bonchev–Trinajstić information content (AvgIpc) is 2.75. The minimum atomic E-state index is -0.0394. The van der Waals surface area contributed by atoms with Crippen molar-refractivity contribution in [2.24, 2.45) is 13.0 Å². The maximum absolute atomic E-state index is 12.8. The molecule has 1 saturated heterocycles. The van der Waals surface area contributed by atoms with Crippen LogP contribution in [0, 0.1) is 5.92 Å². The maximum atomic E-state index is 12.8. The SMILES string of the molecule is COc1ccccc1OCC1CCN(c2nc3ccccc3n(C)c2=O)CC1. The van der Waals surface area contributed by atoms with E-state index < -0.39 is 0 Å². The normalized spacial score (nSPS) is 15.0. The Bertz CT molecular complexity index is 1020. The molecule has 6 nitrogen and oxygen atoms in total. The highest BCUT2D eigenvalue weighted by Gasteiger charge is 2.23. The van der Waals surface area contributed by atoms with Gasteiger partial charge in [0.25, 0.3) is 5.56 Å². The first-order chi connectivity index (χ1) is 13.7. The molecule has 0 spiro atoms. The lowest BCUT2D eigenvalue weighted by molar-refractivity contribution is 0.215. The van der Waals surface area contributed by atoms with E-state index in [0.29, 0.717) is 18.3 Å². The van der Waals surface area contributed by atoms with Gasteiger partial charge in [0, 0.05) is 20.1 Å². The molecular weight excluding hydrogens is 354 g/mol. The Balaban J connectivity index is 1.42. The van der Waals surface area contributed by atoms with Gasteiger partial charge in [-0.1, -0.05) is 24.3 Å². The van der Waals surface area contributed by atoms with Crippen LogP contribution in [0.3, 0.4) is 0 Å². The molecule has 4 rings (SSSR count). The van der Waals surface area contributed by atoms with Gasteiger partial charge < -0.3 is 18.9 Å². The molecule has 1 aromatic heterocycles. The van der Waals surface area contributed by atoms with E-state index in [9.17, 15) is 4.79 Å². The van der Waals surface area contributed by atoms with E-state index in [4.69, 9.17) is 9.47 Å². The zero-order chi connectivity index (χ0) is 19.5. The van der Waals surface area contributed by atoms with Crippen molar-refractivity contribution in [3.8, 4) is 11.5 Å². The lowest BCUT2D eigenvalue weighted by Gasteiger charge is -2.32. The zero-order valence-corrected chi connectivity index (χ0v) is 16.3. The van der Waals surface area contributed by atoms with Crippen LogP contribution in [0.15, 0.2) is 53.3 Å². The van der Waals surface area contributed by atoms with Gasteiger partial charge >= 0.3 is 0 Å². The van der Waals surface area contributed by atoms with E-state index in [2.05, 4.69) is 9.88 Å². The first-order valence-electron chi connectivity index (χ1n) is 9.64. The smallest absolute Gasteiger partial charge is 0.293 e. The molecular formula is C22H25N3O3. The fourth-order valence-corrected chi connectivity index (χ4v) is 3.73. The summed E-state index contributed by atoms with van der Waals surface area (Å²) in [6.07, 6.45) is 1.93. The van der Waals surface area contributed by atoms with E-state index in [1.807, 2.05) is 55.6 Å². The molecule has 1 aliphatic heterocycles. The predicted octanol–water partition coefficient (Wildman–Crippen LogP) is 3.24. The Morgan fingerprint density at radius 1 is 1.04 bits per heavy atom. The third-order valence-corrected chi connectivity index (χ3v) is 5.42. The molecule has 28 heavy (non-hydrogen) atoms. The van der Waals surface area contributed by atoms with Crippen molar-refractivity contribution in [2.45, 2.75) is 12.8 Å². The number of para-hydroxylation sites is 4. The van der Waals surface area contributed by atoms with Crippen LogP contribution in [0.1, 0.15) is 12.8 Å². The zero-order valence-electron chi connectivity index (χ0n) is 16.3. The van der Waals surface area contributed by atoms with E-state index in [0.717, 1.165) is 48.5 Å². The van der Waals surface area contributed by atoms with Gasteiger partial charge in [0.05, 0.1) is 24.8 Å². The molecule has 0 atom stereocenters. The summed E-state index contributed by atoms with van der Waals surface area (Å²) in [7, 11) is 3.46. The third-order valence-electron chi connectivity index (χ3n) is 5.42. The fraction of sp³-hybridized carbons (Fsp3) is 0.364. The summed E-state index contributed by atoms with van der Waals surface area (Å²) in [5.74, 6) is 2.53.